The van der Waals surface area contributed by atoms with Crippen LogP contribution in [0, 0.1) is 29.6 Å². The molecule has 0 saturated heterocycles. The molecule has 2 rings (SSSR count). The average Bonchev–Trinajstić information content (AvgIpc) is 2.44. The van der Waals surface area contributed by atoms with Crippen molar-refractivity contribution in [2.75, 3.05) is 0 Å². The molecule has 0 N–H and O–H groups in total. The summed E-state index contributed by atoms with van der Waals surface area (Å²) in [5.41, 5.74) is 1.28. The van der Waals surface area contributed by atoms with E-state index in [-0.39, 0.29) is 0 Å². The van der Waals surface area contributed by atoms with Crippen molar-refractivity contribution >= 4 is 0 Å². The molecule has 0 bridgehead atoms. The third kappa shape index (κ3) is 3.02. The van der Waals surface area contributed by atoms with E-state index in [0.29, 0.717) is 17.9 Å². The van der Waals surface area contributed by atoms with Crippen LogP contribution in [0.2, 0.25) is 0 Å². The summed E-state index contributed by atoms with van der Waals surface area (Å²) in [7, 11) is 0. The number of ether oxygens (including phenoxy) is 1. The van der Waals surface area contributed by atoms with Gasteiger partial charge < -0.3 is 4.74 Å². The molecule has 1 aliphatic rings. The van der Waals surface area contributed by atoms with Gasteiger partial charge in [0.15, 0.2) is 0 Å². The van der Waals surface area contributed by atoms with Gasteiger partial charge in [-0.05, 0) is 35.2 Å². The van der Waals surface area contributed by atoms with Gasteiger partial charge in [-0.2, -0.15) is 0 Å². The highest BCUT2D eigenvalue weighted by Gasteiger charge is 2.41. The molecule has 4 unspecified atom stereocenters. The van der Waals surface area contributed by atoms with E-state index in [4.69, 9.17) is 4.74 Å². The van der Waals surface area contributed by atoms with Crippen molar-refractivity contribution in [1.82, 2.24) is 0 Å². The van der Waals surface area contributed by atoms with E-state index in [0.717, 1.165) is 24.4 Å². The minimum atomic E-state index is 0.390. The lowest BCUT2D eigenvalue weighted by molar-refractivity contribution is -0.102. The van der Waals surface area contributed by atoms with Crippen LogP contribution in [0.4, 0.5) is 0 Å². The Kier molecular flexibility index (Phi) is 4.67. The highest BCUT2D eigenvalue weighted by Crippen LogP contribution is 2.43. The molecule has 1 nitrogen and oxygen atoms in total. The van der Waals surface area contributed by atoms with Gasteiger partial charge in [-0.3, -0.25) is 0 Å². The van der Waals surface area contributed by atoms with Gasteiger partial charge in [-0.15, -0.1) is 0 Å². The molecule has 0 heterocycles. The first-order valence-corrected chi connectivity index (χ1v) is 7.68. The van der Waals surface area contributed by atoms with Gasteiger partial charge in [0.25, 0.3) is 0 Å². The van der Waals surface area contributed by atoms with Crippen LogP contribution in [-0.4, -0.2) is 6.10 Å². The highest BCUT2D eigenvalue weighted by molar-refractivity contribution is 5.13. The maximum atomic E-state index is 6.28. The number of hydrogen-bond acceptors (Lipinski definition) is 1. The molecule has 1 saturated carbocycles. The molecule has 0 aliphatic heterocycles. The molecule has 0 aromatic heterocycles. The van der Waals surface area contributed by atoms with E-state index in [1.54, 1.807) is 0 Å². The Morgan fingerprint density at radius 1 is 0.737 bits per heavy atom. The third-order valence-corrected chi connectivity index (χ3v) is 5.64. The molecule has 1 aromatic rings. The van der Waals surface area contributed by atoms with Crippen molar-refractivity contribution in [3.05, 3.63) is 35.9 Å². The maximum absolute atomic E-state index is 6.28. The lowest BCUT2D eigenvalue weighted by Gasteiger charge is -2.46. The van der Waals surface area contributed by atoms with Gasteiger partial charge in [-0.1, -0.05) is 65.0 Å². The monoisotopic (exact) mass is 260 g/mol. The Morgan fingerprint density at radius 3 is 1.74 bits per heavy atom. The second kappa shape index (κ2) is 6.09. The smallest absolute Gasteiger partial charge is 0.0720 e. The van der Waals surface area contributed by atoms with E-state index in [2.05, 4.69) is 65.0 Å². The van der Waals surface area contributed by atoms with Crippen LogP contribution in [0.25, 0.3) is 0 Å². The first-order chi connectivity index (χ1) is 9.02. The summed E-state index contributed by atoms with van der Waals surface area (Å²) in [4.78, 5) is 0. The molecule has 1 aromatic carbocycles. The SMILES string of the molecule is CC1C(C)[C@@H](C)C(OCc2ccccc2)C(C)[C@H]1C. The zero-order chi connectivity index (χ0) is 14.0. The second-order valence-electron chi connectivity index (χ2n) is 6.56. The molecule has 106 valence electrons. The Balaban J connectivity index is 2.02. The fraction of sp³-hybridized carbons (Fsp3) is 0.667. The predicted octanol–water partition coefficient (Wildman–Crippen LogP) is 4.77. The summed E-state index contributed by atoms with van der Waals surface area (Å²) in [6, 6.07) is 10.5. The van der Waals surface area contributed by atoms with Crippen LogP contribution in [0.5, 0.6) is 0 Å². The molecule has 0 spiro atoms. The van der Waals surface area contributed by atoms with E-state index < -0.39 is 0 Å². The van der Waals surface area contributed by atoms with Crippen molar-refractivity contribution in [3.8, 4) is 0 Å². The summed E-state index contributed by atoms with van der Waals surface area (Å²) in [6.07, 6.45) is 0.390. The fourth-order valence-electron chi connectivity index (χ4n) is 3.58. The molecule has 0 amide bonds. The van der Waals surface area contributed by atoms with Crippen LogP contribution >= 0.6 is 0 Å². The normalized spacial score (nSPS) is 39.2. The van der Waals surface area contributed by atoms with E-state index in [9.17, 15) is 0 Å². The molecule has 19 heavy (non-hydrogen) atoms. The van der Waals surface area contributed by atoms with Crippen LogP contribution < -0.4 is 0 Å². The first-order valence-electron chi connectivity index (χ1n) is 7.68. The topological polar surface area (TPSA) is 9.23 Å². The lowest BCUT2D eigenvalue weighted by atomic mass is 9.63. The van der Waals surface area contributed by atoms with Crippen LogP contribution in [0.15, 0.2) is 30.3 Å². The second-order valence-corrected chi connectivity index (χ2v) is 6.56. The van der Waals surface area contributed by atoms with Crippen molar-refractivity contribution in [2.45, 2.75) is 47.3 Å². The van der Waals surface area contributed by atoms with Crippen molar-refractivity contribution in [2.24, 2.45) is 29.6 Å². The summed E-state index contributed by atoms with van der Waals surface area (Å²) in [6.45, 7) is 12.6. The molecule has 0 radical (unpaired) electrons. The van der Waals surface area contributed by atoms with Crippen LogP contribution in [0.3, 0.4) is 0 Å². The summed E-state index contributed by atoms with van der Waals surface area (Å²) in [5.74, 6) is 3.57. The van der Waals surface area contributed by atoms with E-state index >= 15 is 0 Å². The average molecular weight is 260 g/mol. The van der Waals surface area contributed by atoms with Crippen molar-refractivity contribution in [1.29, 1.82) is 0 Å². The molecule has 1 heteroatoms. The zero-order valence-corrected chi connectivity index (χ0v) is 13.0. The minimum absolute atomic E-state index is 0.390. The Labute approximate surface area is 118 Å². The van der Waals surface area contributed by atoms with Crippen LogP contribution in [0.1, 0.15) is 40.2 Å². The zero-order valence-electron chi connectivity index (χ0n) is 13.0. The molecule has 1 aliphatic carbocycles. The molecular formula is C18H28O. The first kappa shape index (κ1) is 14.6. The Hall–Kier alpha value is -0.820. The van der Waals surface area contributed by atoms with Gasteiger partial charge in [0.1, 0.15) is 0 Å². The molecular weight excluding hydrogens is 232 g/mol. The standard InChI is InChI=1S/C18H28O/c1-12-13(2)15(4)18(16(5)14(12)3)19-11-17-9-7-6-8-10-17/h6-10,12-16,18H,11H2,1-5H3/t12?,13-,14?,15?,16+,18?/m0/s1. The Bertz CT molecular complexity index is 370. The third-order valence-electron chi connectivity index (χ3n) is 5.64. The van der Waals surface area contributed by atoms with E-state index in [1.807, 2.05) is 0 Å². The number of benzene rings is 1. The molecule has 1 fully saturated rings. The fourth-order valence-corrected chi connectivity index (χ4v) is 3.58. The van der Waals surface area contributed by atoms with Gasteiger partial charge in [0.05, 0.1) is 12.7 Å². The van der Waals surface area contributed by atoms with Gasteiger partial charge in [0, 0.05) is 0 Å². The maximum Gasteiger partial charge on any atom is 0.0720 e. The highest BCUT2D eigenvalue weighted by atomic mass is 16.5. The lowest BCUT2D eigenvalue weighted by Crippen LogP contribution is -2.45. The predicted molar refractivity (Wildman–Crippen MR) is 80.8 cm³/mol. The molecule has 6 atom stereocenters. The Morgan fingerprint density at radius 2 is 1.21 bits per heavy atom. The number of rotatable bonds is 3. The van der Waals surface area contributed by atoms with Gasteiger partial charge >= 0.3 is 0 Å². The summed E-state index contributed by atoms with van der Waals surface area (Å²) in [5, 5.41) is 0. The number of hydrogen-bond donors (Lipinski definition) is 0. The van der Waals surface area contributed by atoms with Crippen molar-refractivity contribution < 1.29 is 4.74 Å². The van der Waals surface area contributed by atoms with E-state index in [1.165, 1.54) is 5.56 Å². The largest absolute Gasteiger partial charge is 0.373 e. The van der Waals surface area contributed by atoms with Crippen molar-refractivity contribution in [3.63, 3.8) is 0 Å². The quantitative estimate of drug-likeness (QED) is 0.761. The minimum Gasteiger partial charge on any atom is -0.373 e. The van der Waals surface area contributed by atoms with Gasteiger partial charge in [-0.25, -0.2) is 0 Å². The summed E-state index contributed by atoms with van der Waals surface area (Å²) < 4.78 is 6.28. The van der Waals surface area contributed by atoms with Crippen LogP contribution in [-0.2, 0) is 11.3 Å². The summed E-state index contributed by atoms with van der Waals surface area (Å²) >= 11 is 0. The van der Waals surface area contributed by atoms with Gasteiger partial charge in [0.2, 0.25) is 0 Å².